The third-order valence-electron chi connectivity index (χ3n) is 4.42. The van der Waals surface area contributed by atoms with E-state index in [4.69, 9.17) is 0 Å². The molecular weight excluding hydrogens is 528 g/mol. The highest BCUT2D eigenvalue weighted by Gasteiger charge is 2.80. The van der Waals surface area contributed by atoms with Crippen LogP contribution in [0.1, 0.15) is 33.6 Å². The van der Waals surface area contributed by atoms with E-state index < -0.39 is 85.4 Å². The van der Waals surface area contributed by atoms with Gasteiger partial charge in [0.25, 0.3) is 0 Å². The summed E-state index contributed by atoms with van der Waals surface area (Å²) in [6.07, 6.45) is -10.1. The monoisotopic (exact) mass is 554 g/mol. The summed E-state index contributed by atoms with van der Waals surface area (Å²) in [4.78, 5) is 34.3. The predicted molar refractivity (Wildman–Crippen MR) is 111 cm³/mol. The Balaban J connectivity index is 5.87. The summed E-state index contributed by atoms with van der Waals surface area (Å²) >= 11 is 0. The van der Waals surface area contributed by atoms with Gasteiger partial charge in [-0.3, -0.25) is 0 Å². The van der Waals surface area contributed by atoms with Gasteiger partial charge in [-0.25, -0.2) is 14.4 Å². The van der Waals surface area contributed by atoms with Gasteiger partial charge >= 0.3 is 41.6 Å². The van der Waals surface area contributed by atoms with Crippen molar-refractivity contribution in [3.8, 4) is 0 Å². The maximum atomic E-state index is 14.4. The van der Waals surface area contributed by atoms with E-state index in [9.17, 15) is 54.6 Å². The maximum absolute atomic E-state index is 14.4. The molecule has 0 fully saturated rings. The summed E-state index contributed by atoms with van der Waals surface area (Å²) in [5, 5.41) is 9.44. The Hall–Kier alpha value is -2.97. The molecule has 0 saturated carbocycles. The number of ether oxygens (including phenoxy) is 3. The highest BCUT2D eigenvalue weighted by molar-refractivity contribution is 5.88. The number of hydrogen-bond acceptors (Lipinski definition) is 7. The van der Waals surface area contributed by atoms with Crippen LogP contribution in [-0.2, 0) is 28.6 Å². The van der Waals surface area contributed by atoms with Crippen molar-refractivity contribution in [3.63, 3.8) is 0 Å². The molecular formula is C22H26F8O7. The number of halogens is 8. The van der Waals surface area contributed by atoms with Gasteiger partial charge in [0.15, 0.2) is 0 Å². The van der Waals surface area contributed by atoms with Gasteiger partial charge in [0.1, 0.15) is 19.3 Å². The first kappa shape index (κ1) is 34.0. The Bertz CT molecular complexity index is 915. The van der Waals surface area contributed by atoms with E-state index in [0.29, 0.717) is 0 Å². The van der Waals surface area contributed by atoms with E-state index in [1.165, 1.54) is 0 Å². The lowest BCUT2D eigenvalue weighted by Gasteiger charge is -2.38. The van der Waals surface area contributed by atoms with E-state index >= 15 is 0 Å². The van der Waals surface area contributed by atoms with Crippen LogP contribution in [0.3, 0.4) is 0 Å². The predicted octanol–water partition coefficient (Wildman–Crippen LogP) is 4.40. The fourth-order valence-corrected chi connectivity index (χ4v) is 2.33. The molecule has 7 nitrogen and oxygen atoms in total. The van der Waals surface area contributed by atoms with Crippen LogP contribution in [-0.4, -0.2) is 72.1 Å². The van der Waals surface area contributed by atoms with Gasteiger partial charge in [-0.1, -0.05) is 19.7 Å². The van der Waals surface area contributed by atoms with Gasteiger partial charge in [-0.05, 0) is 20.8 Å². The summed E-state index contributed by atoms with van der Waals surface area (Å²) in [5.74, 6) is -29.4. The molecule has 0 aliphatic rings. The van der Waals surface area contributed by atoms with E-state index in [0.717, 1.165) is 20.8 Å². The number of alkyl halides is 8. The van der Waals surface area contributed by atoms with E-state index in [-0.39, 0.29) is 11.1 Å². The van der Waals surface area contributed by atoms with Crippen LogP contribution >= 0.6 is 0 Å². The second kappa shape index (κ2) is 12.5. The molecule has 0 amide bonds. The molecule has 0 aromatic rings. The number of aliphatic hydroxyl groups excluding tert-OH is 1. The van der Waals surface area contributed by atoms with Crippen molar-refractivity contribution in [3.05, 3.63) is 36.5 Å². The van der Waals surface area contributed by atoms with Crippen molar-refractivity contribution in [2.24, 2.45) is 0 Å². The molecule has 0 aliphatic carbocycles. The molecule has 0 bridgehead atoms. The molecule has 2 unspecified atom stereocenters. The van der Waals surface area contributed by atoms with E-state index in [2.05, 4.69) is 33.9 Å². The zero-order valence-electron chi connectivity index (χ0n) is 20.0. The quantitative estimate of drug-likeness (QED) is 0.139. The first-order valence-electron chi connectivity index (χ1n) is 10.2. The number of esters is 3. The molecule has 0 radical (unpaired) electrons. The Kier molecular flexibility index (Phi) is 11.5. The van der Waals surface area contributed by atoms with E-state index in [1.807, 2.05) is 0 Å². The number of aliphatic hydroxyl groups is 1. The molecule has 0 aromatic heterocycles. The van der Waals surface area contributed by atoms with Crippen molar-refractivity contribution in [2.45, 2.75) is 69.5 Å². The molecule has 0 aliphatic heterocycles. The minimum Gasteiger partial charge on any atom is -0.460 e. The normalized spacial score (nSPS) is 14.3. The first-order valence-corrected chi connectivity index (χ1v) is 10.2. The Morgan fingerprint density at radius 2 is 1.03 bits per heavy atom. The smallest absolute Gasteiger partial charge is 0.378 e. The third-order valence-corrected chi connectivity index (χ3v) is 4.42. The summed E-state index contributed by atoms with van der Waals surface area (Å²) in [5.41, 5.74) is -1.00. The standard InChI is InChI=1S/C22H26F8O7/c1-11(2)16(32)35-9-14(31)7-19(23,24)21(27,28)22(29,30)20(25,26)8-15(37-18(34)13(5)6)10-36-17(33)12(3)4/h14-15,31H,1,3,5,7-10H2,2,4,6H3. The molecule has 0 rings (SSSR count). The summed E-state index contributed by atoms with van der Waals surface area (Å²) in [6.45, 7) is 9.90. The Morgan fingerprint density at radius 1 is 0.676 bits per heavy atom. The molecule has 37 heavy (non-hydrogen) atoms. The van der Waals surface area contributed by atoms with Crippen molar-refractivity contribution < 1.29 is 68.8 Å². The lowest BCUT2D eigenvalue weighted by Crippen LogP contribution is -2.63. The fourth-order valence-electron chi connectivity index (χ4n) is 2.33. The van der Waals surface area contributed by atoms with E-state index in [1.54, 1.807) is 0 Å². The fraction of sp³-hybridized carbons (Fsp3) is 0.591. The van der Waals surface area contributed by atoms with Gasteiger partial charge in [0, 0.05) is 23.1 Å². The van der Waals surface area contributed by atoms with Gasteiger partial charge in [0.05, 0.1) is 12.5 Å². The van der Waals surface area contributed by atoms with Crippen molar-refractivity contribution in [1.82, 2.24) is 0 Å². The number of hydrogen-bond donors (Lipinski definition) is 1. The first-order chi connectivity index (χ1) is 16.5. The van der Waals surface area contributed by atoms with Gasteiger partial charge in [-0.2, -0.15) is 35.1 Å². The molecule has 15 heteroatoms. The third kappa shape index (κ3) is 8.83. The van der Waals surface area contributed by atoms with Crippen LogP contribution in [0.5, 0.6) is 0 Å². The zero-order chi connectivity index (χ0) is 29.6. The van der Waals surface area contributed by atoms with Crippen LogP contribution in [0.2, 0.25) is 0 Å². The average Bonchev–Trinajstić information content (AvgIpc) is 2.74. The molecule has 0 aromatic carbocycles. The summed E-state index contributed by atoms with van der Waals surface area (Å²) in [7, 11) is 0. The van der Waals surface area contributed by atoms with Crippen LogP contribution in [0.25, 0.3) is 0 Å². The van der Waals surface area contributed by atoms with Crippen LogP contribution in [0.4, 0.5) is 35.1 Å². The highest BCUT2D eigenvalue weighted by Crippen LogP contribution is 2.55. The maximum Gasteiger partial charge on any atom is 0.378 e. The molecule has 0 heterocycles. The number of rotatable bonds is 15. The zero-order valence-corrected chi connectivity index (χ0v) is 20.0. The van der Waals surface area contributed by atoms with Crippen molar-refractivity contribution in [1.29, 1.82) is 0 Å². The highest BCUT2D eigenvalue weighted by atomic mass is 19.4. The van der Waals surface area contributed by atoms with Gasteiger partial charge in [-0.15, -0.1) is 0 Å². The topological polar surface area (TPSA) is 99.1 Å². The number of carbonyl (C=O) groups excluding carboxylic acids is 3. The Morgan fingerprint density at radius 3 is 1.41 bits per heavy atom. The minimum absolute atomic E-state index is 0.272. The molecule has 0 saturated heterocycles. The second-order valence-electron chi connectivity index (χ2n) is 8.18. The lowest BCUT2D eigenvalue weighted by molar-refractivity contribution is -0.372. The average molecular weight is 554 g/mol. The number of carbonyl (C=O) groups is 3. The van der Waals surface area contributed by atoms with Crippen LogP contribution in [0, 0.1) is 0 Å². The van der Waals surface area contributed by atoms with Crippen molar-refractivity contribution >= 4 is 17.9 Å². The second-order valence-corrected chi connectivity index (χ2v) is 8.18. The van der Waals surface area contributed by atoms with Gasteiger partial charge < -0.3 is 19.3 Å². The molecule has 212 valence electrons. The summed E-state index contributed by atoms with van der Waals surface area (Å²) < 4.78 is 127. The van der Waals surface area contributed by atoms with Gasteiger partial charge in [0.2, 0.25) is 0 Å². The Labute approximate surface area is 206 Å². The SMILES string of the molecule is C=C(C)C(=O)OCC(O)CC(F)(F)C(F)(F)C(F)(F)C(F)(F)CC(COC(=O)C(=C)C)OC(=O)C(=C)C. The summed E-state index contributed by atoms with van der Waals surface area (Å²) in [6, 6.07) is 0. The lowest BCUT2D eigenvalue weighted by atomic mass is 9.92. The largest absolute Gasteiger partial charge is 0.460 e. The van der Waals surface area contributed by atoms with Crippen LogP contribution < -0.4 is 0 Å². The molecule has 0 spiro atoms. The van der Waals surface area contributed by atoms with Crippen molar-refractivity contribution in [2.75, 3.05) is 13.2 Å². The molecule has 1 N–H and O–H groups in total. The van der Waals surface area contributed by atoms with Crippen LogP contribution in [0.15, 0.2) is 36.5 Å². The molecule has 2 atom stereocenters. The minimum atomic E-state index is -6.79.